The van der Waals surface area contributed by atoms with Gasteiger partial charge < -0.3 is 4.74 Å². The summed E-state index contributed by atoms with van der Waals surface area (Å²) in [4.78, 5) is 29.0. The van der Waals surface area contributed by atoms with Gasteiger partial charge in [0.2, 0.25) is 0 Å². The molecule has 0 unspecified atom stereocenters. The van der Waals surface area contributed by atoms with Gasteiger partial charge in [-0.15, -0.1) is 0 Å². The molecule has 0 aliphatic carbocycles. The molecule has 6 heteroatoms. The quantitative estimate of drug-likeness (QED) is 0.464. The molecule has 2 heterocycles. The fourth-order valence-electron chi connectivity index (χ4n) is 3.32. The molecule has 2 aromatic carbocycles. The number of benzene rings is 2. The van der Waals surface area contributed by atoms with Gasteiger partial charge >= 0.3 is 5.97 Å². The van der Waals surface area contributed by atoms with Crippen molar-refractivity contribution in [2.75, 3.05) is 6.61 Å². The van der Waals surface area contributed by atoms with Gasteiger partial charge in [0, 0.05) is 5.56 Å². The molecule has 0 fully saturated rings. The summed E-state index contributed by atoms with van der Waals surface area (Å²) in [7, 11) is 0. The maximum absolute atomic E-state index is 12.9. The molecule has 0 saturated carbocycles. The normalized spacial score (nSPS) is 10.9. The van der Waals surface area contributed by atoms with Crippen LogP contribution in [0, 0.1) is 13.8 Å². The van der Waals surface area contributed by atoms with Gasteiger partial charge in [-0.1, -0.05) is 48.0 Å². The number of aromatic nitrogens is 3. The minimum atomic E-state index is -0.568. The predicted octanol–water partition coefficient (Wildman–Crippen LogP) is 4.45. The van der Waals surface area contributed by atoms with Crippen LogP contribution in [0.2, 0.25) is 0 Å². The highest BCUT2D eigenvalue weighted by Gasteiger charge is 2.22. The maximum Gasteiger partial charge on any atom is 0.339 e. The number of hydrogen-bond acceptors (Lipinski definition) is 5. The molecule has 0 atom stereocenters. The average Bonchev–Trinajstić information content (AvgIpc) is 3.09. The molecule has 0 amide bonds. The lowest BCUT2D eigenvalue weighted by molar-refractivity contribution is -0.120. The second-order valence-corrected chi connectivity index (χ2v) is 7.23. The first-order valence-electron chi connectivity index (χ1n) is 9.63. The van der Waals surface area contributed by atoms with Crippen LogP contribution in [0.1, 0.15) is 28.5 Å². The first-order valence-corrected chi connectivity index (χ1v) is 9.63. The van der Waals surface area contributed by atoms with Crippen molar-refractivity contribution in [3.8, 4) is 16.9 Å². The number of carbonyl (C=O) groups excluding carboxylic acids is 2. The third-order valence-electron chi connectivity index (χ3n) is 4.79. The van der Waals surface area contributed by atoms with Gasteiger partial charge in [0.05, 0.1) is 28.0 Å². The molecule has 0 radical (unpaired) electrons. The molecular formula is C24H21N3O3. The number of hydrogen-bond donors (Lipinski definition) is 0. The molecule has 4 aromatic rings. The monoisotopic (exact) mass is 399 g/mol. The SMILES string of the molecule is CC(=O)COC(=O)c1cc(-c2ccccc2)nc2c1c(C)nn2-c1ccc(C)cc1. The van der Waals surface area contributed by atoms with E-state index in [-0.39, 0.29) is 12.4 Å². The van der Waals surface area contributed by atoms with E-state index >= 15 is 0 Å². The number of rotatable bonds is 5. The molecule has 0 bridgehead atoms. The van der Waals surface area contributed by atoms with Crippen molar-refractivity contribution >= 4 is 22.8 Å². The van der Waals surface area contributed by atoms with Crippen LogP contribution in [-0.2, 0) is 9.53 Å². The van der Waals surface area contributed by atoms with Crippen LogP contribution in [0.3, 0.4) is 0 Å². The highest BCUT2D eigenvalue weighted by atomic mass is 16.5. The van der Waals surface area contributed by atoms with E-state index < -0.39 is 5.97 Å². The van der Waals surface area contributed by atoms with E-state index in [1.54, 1.807) is 10.7 Å². The van der Waals surface area contributed by atoms with E-state index in [9.17, 15) is 9.59 Å². The summed E-state index contributed by atoms with van der Waals surface area (Å²) >= 11 is 0. The topological polar surface area (TPSA) is 74.1 Å². The van der Waals surface area contributed by atoms with Crippen LogP contribution in [0.5, 0.6) is 0 Å². The number of esters is 1. The van der Waals surface area contributed by atoms with E-state index in [4.69, 9.17) is 9.72 Å². The molecular weight excluding hydrogens is 378 g/mol. The molecule has 0 aliphatic rings. The van der Waals surface area contributed by atoms with E-state index in [1.807, 2.05) is 68.4 Å². The Hall–Kier alpha value is -3.80. The van der Waals surface area contributed by atoms with E-state index in [0.717, 1.165) is 16.8 Å². The van der Waals surface area contributed by atoms with E-state index in [0.29, 0.717) is 28.0 Å². The third kappa shape index (κ3) is 3.72. The second-order valence-electron chi connectivity index (χ2n) is 7.23. The van der Waals surface area contributed by atoms with Gasteiger partial charge in [-0.25, -0.2) is 14.5 Å². The highest BCUT2D eigenvalue weighted by Crippen LogP contribution is 2.29. The number of pyridine rings is 1. The fourth-order valence-corrected chi connectivity index (χ4v) is 3.32. The maximum atomic E-state index is 12.9. The van der Waals surface area contributed by atoms with Gasteiger partial charge in [-0.05, 0) is 39.0 Å². The lowest BCUT2D eigenvalue weighted by Gasteiger charge is -2.09. The number of aryl methyl sites for hydroxylation is 2. The van der Waals surface area contributed by atoms with Gasteiger partial charge in [0.1, 0.15) is 6.61 Å². The molecule has 4 rings (SSSR count). The van der Waals surface area contributed by atoms with Crippen LogP contribution >= 0.6 is 0 Å². The standard InChI is InChI=1S/C24H21N3O3/c1-15-9-11-19(12-10-15)27-23-22(17(3)26-27)20(24(29)30-14-16(2)28)13-21(25-23)18-7-5-4-6-8-18/h4-13H,14H2,1-3H3. The highest BCUT2D eigenvalue weighted by molar-refractivity contribution is 6.05. The minimum Gasteiger partial charge on any atom is -0.454 e. The summed E-state index contributed by atoms with van der Waals surface area (Å²) in [6.45, 7) is 4.96. The Morgan fingerprint density at radius 3 is 2.37 bits per heavy atom. The summed E-state index contributed by atoms with van der Waals surface area (Å²) in [5.41, 5.74) is 5.05. The Labute approximate surface area is 174 Å². The van der Waals surface area contributed by atoms with Crippen molar-refractivity contribution in [1.82, 2.24) is 14.8 Å². The number of fused-ring (bicyclic) bond motifs is 1. The third-order valence-corrected chi connectivity index (χ3v) is 4.79. The summed E-state index contributed by atoms with van der Waals surface area (Å²) in [6.07, 6.45) is 0. The number of ether oxygens (including phenoxy) is 1. The van der Waals surface area contributed by atoms with Gasteiger partial charge in [0.15, 0.2) is 11.4 Å². The molecule has 0 spiro atoms. The van der Waals surface area contributed by atoms with Crippen molar-refractivity contribution in [2.45, 2.75) is 20.8 Å². The van der Waals surface area contributed by atoms with Crippen molar-refractivity contribution in [1.29, 1.82) is 0 Å². The number of ketones is 1. The zero-order valence-electron chi connectivity index (χ0n) is 17.0. The zero-order chi connectivity index (χ0) is 21.3. The van der Waals surface area contributed by atoms with Crippen LogP contribution in [0.15, 0.2) is 60.7 Å². The van der Waals surface area contributed by atoms with Gasteiger partial charge in [-0.3, -0.25) is 4.79 Å². The second kappa shape index (κ2) is 7.91. The Morgan fingerprint density at radius 1 is 1.00 bits per heavy atom. The zero-order valence-corrected chi connectivity index (χ0v) is 17.0. The van der Waals surface area contributed by atoms with E-state index in [1.165, 1.54) is 6.92 Å². The van der Waals surface area contributed by atoms with Crippen LogP contribution < -0.4 is 0 Å². The lowest BCUT2D eigenvalue weighted by Crippen LogP contribution is -2.12. The van der Waals surface area contributed by atoms with Crippen LogP contribution in [-0.4, -0.2) is 33.1 Å². The summed E-state index contributed by atoms with van der Waals surface area (Å²) in [6, 6.07) is 19.2. The van der Waals surface area contributed by atoms with Crippen molar-refractivity contribution in [3.05, 3.63) is 77.5 Å². The molecule has 2 aromatic heterocycles. The molecule has 30 heavy (non-hydrogen) atoms. The molecule has 150 valence electrons. The molecule has 0 saturated heterocycles. The Kier molecular flexibility index (Phi) is 5.14. The smallest absolute Gasteiger partial charge is 0.339 e. The largest absolute Gasteiger partial charge is 0.454 e. The first kappa shape index (κ1) is 19.5. The van der Waals surface area contributed by atoms with Crippen molar-refractivity contribution in [3.63, 3.8) is 0 Å². The van der Waals surface area contributed by atoms with Crippen molar-refractivity contribution in [2.24, 2.45) is 0 Å². The van der Waals surface area contributed by atoms with Crippen LogP contribution in [0.25, 0.3) is 28.0 Å². The Bertz CT molecular complexity index is 1240. The Morgan fingerprint density at radius 2 is 1.70 bits per heavy atom. The summed E-state index contributed by atoms with van der Waals surface area (Å²) < 4.78 is 6.96. The fraction of sp³-hybridized carbons (Fsp3) is 0.167. The minimum absolute atomic E-state index is 0.219. The predicted molar refractivity (Wildman–Crippen MR) is 115 cm³/mol. The summed E-state index contributed by atoms with van der Waals surface area (Å²) in [5, 5.41) is 5.26. The number of carbonyl (C=O) groups is 2. The Balaban J connectivity index is 1.96. The number of nitrogens with zero attached hydrogens (tertiary/aromatic N) is 3. The summed E-state index contributed by atoms with van der Waals surface area (Å²) in [5.74, 6) is -0.787. The molecule has 6 nitrogen and oxygen atoms in total. The number of Topliss-reactive ketones (excluding diaryl/α,β-unsaturated/α-hetero) is 1. The van der Waals surface area contributed by atoms with Gasteiger partial charge in [-0.2, -0.15) is 5.10 Å². The first-order chi connectivity index (χ1) is 14.4. The molecule has 0 N–H and O–H groups in total. The average molecular weight is 399 g/mol. The van der Waals surface area contributed by atoms with Crippen LogP contribution in [0.4, 0.5) is 0 Å². The van der Waals surface area contributed by atoms with Crippen molar-refractivity contribution < 1.29 is 14.3 Å². The van der Waals surface area contributed by atoms with E-state index in [2.05, 4.69) is 5.10 Å². The molecule has 0 aliphatic heterocycles. The van der Waals surface area contributed by atoms with Gasteiger partial charge in [0.25, 0.3) is 0 Å². The lowest BCUT2D eigenvalue weighted by atomic mass is 10.1.